The fourth-order valence-corrected chi connectivity index (χ4v) is 4.55. The Morgan fingerprint density at radius 2 is 1.62 bits per heavy atom. The van der Waals surface area contributed by atoms with Crippen LogP contribution < -0.4 is 5.32 Å². The van der Waals surface area contributed by atoms with E-state index in [0.29, 0.717) is 23.5 Å². The molecule has 200 valence electrons. The molecule has 37 heavy (non-hydrogen) atoms. The van der Waals surface area contributed by atoms with Gasteiger partial charge in [-0.15, -0.1) is 0 Å². The Hall–Kier alpha value is -2.79. The van der Waals surface area contributed by atoms with Crippen LogP contribution in [0.4, 0.5) is 5.82 Å². The average molecular weight is 520 g/mol. The number of anilines is 1. The van der Waals surface area contributed by atoms with Crippen molar-refractivity contribution in [2.45, 2.75) is 61.8 Å². The van der Waals surface area contributed by atoms with Crippen LogP contribution in [0.5, 0.6) is 0 Å². The summed E-state index contributed by atoms with van der Waals surface area (Å²) in [5.74, 6) is 0.480. The van der Waals surface area contributed by atoms with E-state index in [-0.39, 0.29) is 0 Å². The van der Waals surface area contributed by atoms with Gasteiger partial charge in [0.25, 0.3) is 0 Å². The van der Waals surface area contributed by atoms with Gasteiger partial charge < -0.3 is 50.2 Å². The van der Waals surface area contributed by atoms with Crippen LogP contribution in [0, 0.1) is 0 Å². The number of aliphatic hydroxyl groups is 6. The summed E-state index contributed by atoms with van der Waals surface area (Å²) < 4.78 is 18.4. The third-order valence-corrected chi connectivity index (χ3v) is 6.56. The molecule has 14 heteroatoms. The van der Waals surface area contributed by atoms with Crippen molar-refractivity contribution < 1.29 is 44.8 Å². The minimum Gasteiger partial charge on any atom is -0.394 e. The van der Waals surface area contributed by atoms with Crippen molar-refractivity contribution in [1.29, 1.82) is 0 Å². The predicted molar refractivity (Wildman–Crippen MR) is 125 cm³/mol. The van der Waals surface area contributed by atoms with E-state index in [9.17, 15) is 30.6 Å². The lowest BCUT2D eigenvalue weighted by molar-refractivity contribution is -0.318. The quantitative estimate of drug-likeness (QED) is 0.170. The van der Waals surface area contributed by atoms with Crippen molar-refractivity contribution in [2.75, 3.05) is 18.5 Å². The Balaban J connectivity index is 1.35. The van der Waals surface area contributed by atoms with Gasteiger partial charge >= 0.3 is 0 Å². The molecule has 2 saturated heterocycles. The van der Waals surface area contributed by atoms with Gasteiger partial charge in [-0.05, 0) is 5.56 Å². The first-order chi connectivity index (χ1) is 17.9. The topological polar surface area (TPSA) is 205 Å². The van der Waals surface area contributed by atoms with Crippen LogP contribution in [0.3, 0.4) is 0 Å². The van der Waals surface area contributed by atoms with Crippen molar-refractivity contribution in [3.8, 4) is 0 Å². The first kappa shape index (κ1) is 25.8. The standard InChI is InChI=1S/C23H29N5O9/c29-7-12-15(31)16(32)17(33)23(36-12)37-19-13(8-30)35-22(18(19)34)28-10-27-14-20(25-9-26-21(14)28)24-6-11-4-2-1-3-5-11/h1-5,9-10,12-13,15-19,22-23,29-34H,6-8H2,(H,24,25,26)/t12-,13-,15-,16+,17-,18-,19-,22-,23+/m1/s1. The lowest BCUT2D eigenvalue weighted by Crippen LogP contribution is -2.60. The Bertz CT molecular complexity index is 1180. The molecule has 0 unspecified atom stereocenters. The number of fused-ring (bicyclic) bond motifs is 1. The van der Waals surface area contributed by atoms with Gasteiger partial charge in [0, 0.05) is 6.54 Å². The second-order valence-corrected chi connectivity index (χ2v) is 8.92. The number of ether oxygens (including phenoxy) is 3. The van der Waals surface area contributed by atoms with Gasteiger partial charge in [-0.25, -0.2) is 15.0 Å². The van der Waals surface area contributed by atoms with Gasteiger partial charge in [0.15, 0.2) is 29.5 Å². The normalized spacial score (nSPS) is 34.2. The Labute approximate surface area is 210 Å². The van der Waals surface area contributed by atoms with E-state index in [0.717, 1.165) is 5.56 Å². The molecule has 2 aromatic heterocycles. The Morgan fingerprint density at radius 1 is 0.865 bits per heavy atom. The Kier molecular flexibility index (Phi) is 7.62. The highest BCUT2D eigenvalue weighted by molar-refractivity contribution is 5.82. The SMILES string of the molecule is OC[C@H]1O[C@@H](O[C@H]2[C@@H](O)[C@H](n3cnc4c(NCc5ccccc5)ncnc43)O[C@@H]2CO)[C@H](O)[C@@H](O)[C@@H]1O. The molecule has 4 heterocycles. The maximum Gasteiger partial charge on any atom is 0.187 e. The summed E-state index contributed by atoms with van der Waals surface area (Å²) in [7, 11) is 0. The maximum atomic E-state index is 11.1. The van der Waals surface area contributed by atoms with Crippen molar-refractivity contribution in [1.82, 2.24) is 19.5 Å². The summed E-state index contributed by atoms with van der Waals surface area (Å²) in [5.41, 5.74) is 1.84. The lowest BCUT2D eigenvalue weighted by Gasteiger charge is -2.41. The molecule has 0 spiro atoms. The van der Waals surface area contributed by atoms with Gasteiger partial charge in [0.2, 0.25) is 0 Å². The molecule has 7 N–H and O–H groups in total. The lowest BCUT2D eigenvalue weighted by atomic mass is 9.99. The second kappa shape index (κ2) is 10.9. The van der Waals surface area contributed by atoms with E-state index in [1.807, 2.05) is 30.3 Å². The summed E-state index contributed by atoms with van der Waals surface area (Å²) in [6.45, 7) is -0.674. The summed E-state index contributed by atoms with van der Waals surface area (Å²) in [6.07, 6.45) is -9.53. The molecule has 0 amide bonds. The summed E-state index contributed by atoms with van der Waals surface area (Å²) in [4.78, 5) is 12.9. The predicted octanol–water partition coefficient (Wildman–Crippen LogP) is -2.13. The molecule has 14 nitrogen and oxygen atoms in total. The number of rotatable bonds is 8. The number of benzene rings is 1. The third kappa shape index (κ3) is 4.90. The van der Waals surface area contributed by atoms with E-state index in [1.165, 1.54) is 17.2 Å². The molecule has 0 bridgehead atoms. The summed E-state index contributed by atoms with van der Waals surface area (Å²) in [6, 6.07) is 9.73. The number of nitrogens with zero attached hydrogens (tertiary/aromatic N) is 4. The van der Waals surface area contributed by atoms with Crippen LogP contribution in [-0.4, -0.2) is 112 Å². The smallest absolute Gasteiger partial charge is 0.187 e. The number of aliphatic hydroxyl groups excluding tert-OH is 6. The van der Waals surface area contributed by atoms with E-state index in [2.05, 4.69) is 20.3 Å². The fourth-order valence-electron chi connectivity index (χ4n) is 4.55. The highest BCUT2D eigenvalue weighted by atomic mass is 16.7. The van der Waals surface area contributed by atoms with Crippen molar-refractivity contribution in [2.24, 2.45) is 0 Å². The molecule has 0 saturated carbocycles. The third-order valence-electron chi connectivity index (χ3n) is 6.56. The van der Waals surface area contributed by atoms with Crippen molar-refractivity contribution in [3.63, 3.8) is 0 Å². The molecule has 9 atom stereocenters. The van der Waals surface area contributed by atoms with Crippen LogP contribution in [0.25, 0.3) is 11.2 Å². The van der Waals surface area contributed by atoms with Crippen LogP contribution >= 0.6 is 0 Å². The molecular weight excluding hydrogens is 490 g/mol. The van der Waals surface area contributed by atoms with Crippen LogP contribution in [0.15, 0.2) is 43.0 Å². The van der Waals surface area contributed by atoms with E-state index < -0.39 is 68.5 Å². The zero-order chi connectivity index (χ0) is 26.1. The molecule has 1 aromatic carbocycles. The monoisotopic (exact) mass is 519 g/mol. The zero-order valence-corrected chi connectivity index (χ0v) is 19.6. The van der Waals surface area contributed by atoms with Crippen molar-refractivity contribution >= 4 is 17.0 Å². The van der Waals surface area contributed by atoms with Crippen molar-refractivity contribution in [3.05, 3.63) is 48.5 Å². The maximum absolute atomic E-state index is 11.1. The minimum absolute atomic E-state index is 0.361. The Morgan fingerprint density at radius 3 is 2.35 bits per heavy atom. The number of imidazole rings is 1. The van der Waals surface area contributed by atoms with E-state index in [1.54, 1.807) is 0 Å². The van der Waals surface area contributed by atoms with Crippen LogP contribution in [-0.2, 0) is 20.8 Å². The number of hydrogen-bond donors (Lipinski definition) is 7. The highest BCUT2D eigenvalue weighted by Gasteiger charge is 2.51. The fraction of sp³-hybridized carbons (Fsp3) is 0.522. The number of hydrogen-bond acceptors (Lipinski definition) is 13. The first-order valence-corrected chi connectivity index (χ1v) is 11.8. The second-order valence-electron chi connectivity index (χ2n) is 8.92. The number of nitrogens with one attached hydrogen (secondary N) is 1. The minimum atomic E-state index is -1.68. The number of aromatic nitrogens is 4. The molecule has 2 fully saturated rings. The van der Waals surface area contributed by atoms with E-state index >= 15 is 0 Å². The van der Waals surface area contributed by atoms with Gasteiger partial charge in [-0.3, -0.25) is 4.57 Å². The average Bonchev–Trinajstić information content (AvgIpc) is 3.49. The molecule has 0 radical (unpaired) electrons. The molecule has 5 rings (SSSR count). The van der Waals surface area contributed by atoms with Gasteiger partial charge in [0.1, 0.15) is 49.1 Å². The van der Waals surface area contributed by atoms with Crippen LogP contribution in [0.1, 0.15) is 11.8 Å². The molecule has 2 aliphatic heterocycles. The van der Waals surface area contributed by atoms with E-state index in [4.69, 9.17) is 14.2 Å². The van der Waals surface area contributed by atoms with Crippen LogP contribution in [0.2, 0.25) is 0 Å². The molecular formula is C23H29N5O9. The largest absolute Gasteiger partial charge is 0.394 e. The summed E-state index contributed by atoms with van der Waals surface area (Å²) >= 11 is 0. The molecule has 0 aliphatic carbocycles. The van der Waals surface area contributed by atoms with Gasteiger partial charge in [-0.2, -0.15) is 0 Å². The van der Waals surface area contributed by atoms with Gasteiger partial charge in [0.05, 0.1) is 19.5 Å². The molecule has 3 aromatic rings. The first-order valence-electron chi connectivity index (χ1n) is 11.8. The molecule has 2 aliphatic rings. The summed E-state index contributed by atoms with van der Waals surface area (Å²) in [5, 5.41) is 64.0. The highest BCUT2D eigenvalue weighted by Crippen LogP contribution is 2.36. The zero-order valence-electron chi connectivity index (χ0n) is 19.6. The van der Waals surface area contributed by atoms with Gasteiger partial charge in [-0.1, -0.05) is 30.3 Å².